The first-order valence-corrected chi connectivity index (χ1v) is 7.70. The fraction of sp³-hybridized carbons (Fsp3) is 0.200. The minimum absolute atomic E-state index is 0.0404. The van der Waals surface area contributed by atoms with Gasteiger partial charge in [-0.15, -0.1) is 4.40 Å². The fourth-order valence-electron chi connectivity index (χ4n) is 2.15. The molecule has 0 aliphatic carbocycles. The van der Waals surface area contributed by atoms with Crippen LogP contribution in [0, 0.1) is 0 Å². The number of anilines is 1. The Kier molecular flexibility index (Phi) is 2.32. The van der Waals surface area contributed by atoms with Gasteiger partial charge in [0.25, 0.3) is 10.0 Å². The van der Waals surface area contributed by atoms with Gasteiger partial charge in [-0.25, -0.2) is 0 Å². The second-order valence-electron chi connectivity index (χ2n) is 3.91. The maximum absolute atomic E-state index is 11.9. The van der Waals surface area contributed by atoms with Crippen LogP contribution in [0.15, 0.2) is 33.6 Å². The molecule has 1 fully saturated rings. The number of nitrogens with zero attached hydrogens (tertiary/aromatic N) is 2. The molecule has 2 aliphatic heterocycles. The van der Waals surface area contributed by atoms with Gasteiger partial charge in [-0.3, -0.25) is 4.90 Å². The quantitative estimate of drug-likeness (QED) is 0.644. The van der Waals surface area contributed by atoms with Crippen LogP contribution in [0.1, 0.15) is 12.8 Å². The molecular weight excluding hydrogens is 276 g/mol. The number of amidine groups is 1. The van der Waals surface area contributed by atoms with Crippen molar-refractivity contribution in [1.29, 1.82) is 0 Å². The first-order valence-electron chi connectivity index (χ1n) is 5.19. The van der Waals surface area contributed by atoms with E-state index in [0.29, 0.717) is 12.1 Å². The van der Waals surface area contributed by atoms with Gasteiger partial charge in [0.15, 0.2) is 0 Å². The highest BCUT2D eigenvalue weighted by molar-refractivity contribution is 7.90. The van der Waals surface area contributed by atoms with Crippen molar-refractivity contribution in [2.45, 2.75) is 17.7 Å². The SMILES string of the molecule is O=S(=O)=C1CCC2=NS(=O)(=O)c3ccccc3N21. The van der Waals surface area contributed by atoms with Crippen LogP contribution in [0.25, 0.3) is 0 Å². The van der Waals surface area contributed by atoms with Crippen LogP contribution < -0.4 is 4.90 Å². The zero-order valence-corrected chi connectivity index (χ0v) is 10.7. The van der Waals surface area contributed by atoms with Crippen molar-refractivity contribution >= 4 is 36.8 Å². The molecule has 0 radical (unpaired) electrons. The highest BCUT2D eigenvalue weighted by Crippen LogP contribution is 2.35. The highest BCUT2D eigenvalue weighted by atomic mass is 32.2. The van der Waals surface area contributed by atoms with Crippen molar-refractivity contribution in [3.05, 3.63) is 24.3 Å². The Morgan fingerprint density at radius 2 is 1.89 bits per heavy atom. The van der Waals surface area contributed by atoms with Crippen molar-refractivity contribution in [1.82, 2.24) is 0 Å². The van der Waals surface area contributed by atoms with Crippen molar-refractivity contribution in [2.24, 2.45) is 4.40 Å². The van der Waals surface area contributed by atoms with Gasteiger partial charge >= 0.3 is 0 Å². The normalized spacial score (nSPS) is 20.1. The minimum atomic E-state index is -3.71. The molecule has 0 atom stereocenters. The van der Waals surface area contributed by atoms with E-state index >= 15 is 0 Å². The monoisotopic (exact) mass is 284 g/mol. The van der Waals surface area contributed by atoms with Gasteiger partial charge in [0.1, 0.15) is 15.7 Å². The van der Waals surface area contributed by atoms with E-state index in [2.05, 4.69) is 4.40 Å². The van der Waals surface area contributed by atoms with Gasteiger partial charge in [-0.05, 0) is 12.1 Å². The lowest BCUT2D eigenvalue weighted by molar-refractivity contribution is 0.597. The lowest BCUT2D eigenvalue weighted by Gasteiger charge is -2.24. The molecule has 6 nitrogen and oxygen atoms in total. The largest absolute Gasteiger partial charge is 0.286 e. The molecule has 0 bridgehead atoms. The Labute approximate surface area is 105 Å². The summed E-state index contributed by atoms with van der Waals surface area (Å²) in [5, 5.41) is 0. The van der Waals surface area contributed by atoms with E-state index in [1.54, 1.807) is 18.2 Å². The summed E-state index contributed by atoms with van der Waals surface area (Å²) < 4.78 is 49.8. The maximum Gasteiger partial charge on any atom is 0.286 e. The smallest absolute Gasteiger partial charge is 0.286 e. The third-order valence-electron chi connectivity index (χ3n) is 2.87. The molecule has 0 aromatic heterocycles. The van der Waals surface area contributed by atoms with Gasteiger partial charge in [-0.2, -0.15) is 16.8 Å². The molecule has 1 aromatic rings. The second kappa shape index (κ2) is 3.66. The molecule has 1 saturated heterocycles. The molecule has 0 spiro atoms. The second-order valence-corrected chi connectivity index (χ2v) is 6.43. The molecule has 8 heteroatoms. The van der Waals surface area contributed by atoms with Crippen LogP contribution in [-0.4, -0.2) is 27.7 Å². The van der Waals surface area contributed by atoms with Crippen LogP contribution >= 0.6 is 0 Å². The summed E-state index contributed by atoms with van der Waals surface area (Å²) in [5.74, 6) is 0.271. The Hall–Kier alpha value is -1.67. The van der Waals surface area contributed by atoms with Gasteiger partial charge < -0.3 is 0 Å². The predicted octanol–water partition coefficient (Wildman–Crippen LogP) is 0.397. The van der Waals surface area contributed by atoms with E-state index in [1.165, 1.54) is 11.0 Å². The van der Waals surface area contributed by atoms with Gasteiger partial charge in [0, 0.05) is 12.8 Å². The molecule has 3 rings (SSSR count). The van der Waals surface area contributed by atoms with Gasteiger partial charge in [0.2, 0.25) is 10.3 Å². The van der Waals surface area contributed by atoms with E-state index in [9.17, 15) is 16.8 Å². The molecule has 0 unspecified atom stereocenters. The first-order chi connectivity index (χ1) is 8.50. The lowest BCUT2D eigenvalue weighted by Crippen LogP contribution is -2.34. The maximum atomic E-state index is 11.9. The number of hydrogen-bond acceptors (Lipinski definition) is 4. The van der Waals surface area contributed by atoms with Crippen LogP contribution in [0.3, 0.4) is 0 Å². The summed E-state index contributed by atoms with van der Waals surface area (Å²) in [6.45, 7) is 0. The van der Waals surface area contributed by atoms with Crippen LogP contribution in [0.5, 0.6) is 0 Å². The molecule has 94 valence electrons. The Bertz CT molecular complexity index is 798. The highest BCUT2D eigenvalue weighted by Gasteiger charge is 2.37. The molecule has 0 N–H and O–H groups in total. The molecule has 2 heterocycles. The van der Waals surface area contributed by atoms with E-state index in [-0.39, 0.29) is 22.1 Å². The van der Waals surface area contributed by atoms with Crippen molar-refractivity contribution in [2.75, 3.05) is 4.90 Å². The van der Waals surface area contributed by atoms with Crippen LogP contribution in [-0.2, 0) is 20.3 Å². The molecule has 0 amide bonds. The van der Waals surface area contributed by atoms with Gasteiger partial charge in [0.05, 0.1) is 5.69 Å². The van der Waals surface area contributed by atoms with E-state index < -0.39 is 20.3 Å². The Balaban J connectivity index is 2.39. The van der Waals surface area contributed by atoms with E-state index in [4.69, 9.17) is 0 Å². The number of rotatable bonds is 0. The Morgan fingerprint density at radius 1 is 1.17 bits per heavy atom. The van der Waals surface area contributed by atoms with Gasteiger partial charge in [-0.1, -0.05) is 12.1 Å². The summed E-state index contributed by atoms with van der Waals surface area (Å²) in [7, 11) is -6.09. The van der Waals surface area contributed by atoms with E-state index in [1.807, 2.05) is 0 Å². The third kappa shape index (κ3) is 1.49. The fourth-order valence-corrected chi connectivity index (χ4v) is 4.00. The molecule has 0 saturated carbocycles. The average Bonchev–Trinajstić information content (AvgIpc) is 2.72. The lowest BCUT2D eigenvalue weighted by atomic mass is 10.3. The number of fused-ring (bicyclic) bond motifs is 3. The number of hydrogen-bond donors (Lipinski definition) is 0. The van der Waals surface area contributed by atoms with E-state index in [0.717, 1.165) is 0 Å². The Morgan fingerprint density at radius 3 is 2.61 bits per heavy atom. The minimum Gasteiger partial charge on any atom is -0.286 e. The van der Waals surface area contributed by atoms with Crippen LogP contribution in [0.2, 0.25) is 0 Å². The number of benzene rings is 1. The summed E-state index contributed by atoms with van der Waals surface area (Å²) in [5.41, 5.74) is 0.360. The topological polar surface area (TPSA) is 83.9 Å². The zero-order chi connectivity index (χ0) is 12.9. The summed E-state index contributed by atoms with van der Waals surface area (Å²) in [6.07, 6.45) is 0.593. The predicted molar refractivity (Wildman–Crippen MR) is 66.7 cm³/mol. The summed E-state index contributed by atoms with van der Waals surface area (Å²) in [6, 6.07) is 6.26. The van der Waals surface area contributed by atoms with Crippen molar-refractivity contribution in [3.8, 4) is 0 Å². The van der Waals surface area contributed by atoms with Crippen molar-refractivity contribution < 1.29 is 16.8 Å². The zero-order valence-electron chi connectivity index (χ0n) is 9.07. The van der Waals surface area contributed by atoms with Crippen molar-refractivity contribution in [3.63, 3.8) is 0 Å². The molecular formula is C10H8N2O4S2. The third-order valence-corrected chi connectivity index (χ3v) is 5.00. The molecule has 18 heavy (non-hydrogen) atoms. The van der Waals surface area contributed by atoms with Crippen LogP contribution in [0.4, 0.5) is 5.69 Å². The number of para-hydroxylation sites is 1. The summed E-state index contributed by atoms with van der Waals surface area (Å²) >= 11 is 0. The summed E-state index contributed by atoms with van der Waals surface area (Å²) in [4.78, 5) is 1.62. The first kappa shape index (κ1) is 11.4. The standard InChI is InChI=1S/C10H8N2O4S2/c13-17(14)10-6-5-9-11-18(15,16)8-4-2-1-3-7(8)12(9)10/h1-4H,5-6H2. The average molecular weight is 284 g/mol. The molecule has 2 aliphatic rings. The number of sulfonamides is 1. The molecule has 1 aromatic carbocycles.